The largest absolute Gasteiger partial charge is 0.409 e. The van der Waals surface area contributed by atoms with E-state index < -0.39 is 5.60 Å². The van der Waals surface area contributed by atoms with Crippen molar-refractivity contribution in [2.24, 2.45) is 10.9 Å². The maximum atomic E-state index is 10.6. The van der Waals surface area contributed by atoms with Crippen molar-refractivity contribution in [3.63, 3.8) is 0 Å². The van der Waals surface area contributed by atoms with Gasteiger partial charge in [0.2, 0.25) is 0 Å². The van der Waals surface area contributed by atoms with Gasteiger partial charge in [0, 0.05) is 49.7 Å². The lowest BCUT2D eigenvalue weighted by Crippen LogP contribution is -2.45. The van der Waals surface area contributed by atoms with Gasteiger partial charge in [0.25, 0.3) is 0 Å². The fraction of sp³-hybridized carbons (Fsp3) is 0.500. The zero-order valence-corrected chi connectivity index (χ0v) is 13.5. The summed E-state index contributed by atoms with van der Waals surface area (Å²) in [6.07, 6.45) is 1.27. The molecular formula is C14H20BrN3O3. The number of ether oxygens (including phenoxy) is 1. The number of nitrogens with zero attached hydrogens (tertiary/aromatic N) is 2. The molecule has 0 aliphatic carbocycles. The number of aliphatic hydroxyl groups is 1. The highest BCUT2D eigenvalue weighted by molar-refractivity contribution is 9.10. The Labute approximate surface area is 132 Å². The summed E-state index contributed by atoms with van der Waals surface area (Å²) in [7, 11) is 1.93. The first kappa shape index (κ1) is 16.1. The van der Waals surface area contributed by atoms with Crippen molar-refractivity contribution in [1.29, 1.82) is 0 Å². The van der Waals surface area contributed by atoms with Gasteiger partial charge in [-0.1, -0.05) is 5.16 Å². The highest BCUT2D eigenvalue weighted by Crippen LogP contribution is 2.29. The molecule has 1 aromatic carbocycles. The highest BCUT2D eigenvalue weighted by atomic mass is 79.9. The number of amidine groups is 1. The van der Waals surface area contributed by atoms with E-state index in [0.29, 0.717) is 38.2 Å². The SMILES string of the molecule is CN(CC1(O)CCOCC1)c1ccc(/C(N)=N/O)cc1Br. The lowest BCUT2D eigenvalue weighted by Gasteiger charge is -2.36. The molecular weight excluding hydrogens is 338 g/mol. The number of halogens is 1. The van der Waals surface area contributed by atoms with E-state index in [0.717, 1.165) is 10.2 Å². The van der Waals surface area contributed by atoms with Gasteiger partial charge >= 0.3 is 0 Å². The smallest absolute Gasteiger partial charge is 0.170 e. The molecule has 0 atom stereocenters. The first-order valence-electron chi connectivity index (χ1n) is 6.74. The third-order valence-electron chi connectivity index (χ3n) is 3.72. The molecule has 1 aliphatic rings. The lowest BCUT2D eigenvalue weighted by molar-refractivity contribution is -0.0572. The van der Waals surface area contributed by atoms with Crippen LogP contribution in [0.1, 0.15) is 18.4 Å². The van der Waals surface area contributed by atoms with E-state index in [1.165, 1.54) is 0 Å². The van der Waals surface area contributed by atoms with Crippen LogP contribution in [0, 0.1) is 0 Å². The van der Waals surface area contributed by atoms with E-state index in [4.69, 9.17) is 15.7 Å². The lowest BCUT2D eigenvalue weighted by atomic mass is 9.94. The molecule has 1 saturated heterocycles. The Morgan fingerprint density at radius 2 is 2.14 bits per heavy atom. The molecule has 1 aromatic rings. The monoisotopic (exact) mass is 357 g/mol. The number of benzene rings is 1. The summed E-state index contributed by atoms with van der Waals surface area (Å²) in [5.74, 6) is 0.0629. The first-order valence-corrected chi connectivity index (χ1v) is 7.53. The van der Waals surface area contributed by atoms with Crippen LogP contribution in [-0.4, -0.2) is 48.6 Å². The van der Waals surface area contributed by atoms with Crippen LogP contribution in [0.4, 0.5) is 5.69 Å². The topological polar surface area (TPSA) is 91.3 Å². The van der Waals surface area contributed by atoms with Crippen molar-refractivity contribution in [3.8, 4) is 0 Å². The Morgan fingerprint density at radius 1 is 1.48 bits per heavy atom. The van der Waals surface area contributed by atoms with Gasteiger partial charge in [-0.3, -0.25) is 0 Å². The van der Waals surface area contributed by atoms with Gasteiger partial charge in [-0.25, -0.2) is 0 Å². The third kappa shape index (κ3) is 3.87. The second-order valence-electron chi connectivity index (χ2n) is 5.34. The normalized spacial score (nSPS) is 18.5. The number of hydrogen-bond acceptors (Lipinski definition) is 5. The number of nitrogens with two attached hydrogens (primary N) is 1. The number of oxime groups is 1. The van der Waals surface area contributed by atoms with Crippen LogP contribution in [0.25, 0.3) is 0 Å². The molecule has 2 rings (SSSR count). The Bertz CT molecular complexity index is 530. The third-order valence-corrected chi connectivity index (χ3v) is 4.35. The minimum atomic E-state index is -0.725. The molecule has 0 spiro atoms. The molecule has 1 fully saturated rings. The number of likely N-dealkylation sites (N-methyl/N-ethyl adjacent to an activating group) is 1. The van der Waals surface area contributed by atoms with Crippen LogP contribution in [0.2, 0.25) is 0 Å². The average molecular weight is 358 g/mol. The van der Waals surface area contributed by atoms with Gasteiger partial charge in [0.15, 0.2) is 5.84 Å². The van der Waals surface area contributed by atoms with Gasteiger partial charge in [0.1, 0.15) is 0 Å². The summed E-state index contributed by atoms with van der Waals surface area (Å²) in [6.45, 7) is 1.71. The maximum absolute atomic E-state index is 10.6. The van der Waals surface area contributed by atoms with E-state index in [-0.39, 0.29) is 5.84 Å². The summed E-state index contributed by atoms with van der Waals surface area (Å²) >= 11 is 3.49. The molecule has 7 heteroatoms. The molecule has 21 heavy (non-hydrogen) atoms. The van der Waals surface area contributed by atoms with Crippen molar-refractivity contribution >= 4 is 27.5 Å². The highest BCUT2D eigenvalue weighted by Gasteiger charge is 2.31. The molecule has 116 valence electrons. The molecule has 0 saturated carbocycles. The Hall–Kier alpha value is -1.31. The second kappa shape index (κ2) is 6.64. The molecule has 1 heterocycles. The summed E-state index contributed by atoms with van der Waals surface area (Å²) in [5, 5.41) is 22.3. The van der Waals surface area contributed by atoms with Crippen LogP contribution in [0.5, 0.6) is 0 Å². The second-order valence-corrected chi connectivity index (χ2v) is 6.20. The quantitative estimate of drug-likeness (QED) is 0.329. The van der Waals surface area contributed by atoms with E-state index in [1.807, 2.05) is 18.0 Å². The van der Waals surface area contributed by atoms with Crippen LogP contribution in [0.3, 0.4) is 0 Å². The summed E-state index contributed by atoms with van der Waals surface area (Å²) in [4.78, 5) is 1.99. The molecule has 6 nitrogen and oxygen atoms in total. The van der Waals surface area contributed by atoms with Crippen LogP contribution < -0.4 is 10.6 Å². The summed E-state index contributed by atoms with van der Waals surface area (Å²) in [6, 6.07) is 5.44. The van der Waals surface area contributed by atoms with E-state index in [9.17, 15) is 5.11 Å². The van der Waals surface area contributed by atoms with Gasteiger partial charge in [-0.15, -0.1) is 0 Å². The summed E-state index contributed by atoms with van der Waals surface area (Å²) in [5.41, 5.74) is 6.41. The van der Waals surface area contributed by atoms with Crippen molar-refractivity contribution in [2.75, 3.05) is 31.7 Å². The molecule has 4 N–H and O–H groups in total. The fourth-order valence-electron chi connectivity index (χ4n) is 2.47. The Kier molecular flexibility index (Phi) is 5.08. The van der Waals surface area contributed by atoms with Crippen molar-refractivity contribution < 1.29 is 15.1 Å². The predicted molar refractivity (Wildman–Crippen MR) is 84.9 cm³/mol. The standard InChI is InChI=1S/C14H20BrN3O3/c1-18(9-14(19)4-6-21-7-5-14)12-3-2-10(8-11(12)15)13(16)17-20/h2-3,8,19-20H,4-7,9H2,1H3,(H2,16,17). The minimum absolute atomic E-state index is 0.0629. The van der Waals surface area contributed by atoms with Crippen LogP contribution in [0.15, 0.2) is 27.8 Å². The van der Waals surface area contributed by atoms with Crippen molar-refractivity contribution in [1.82, 2.24) is 0 Å². The van der Waals surface area contributed by atoms with E-state index in [2.05, 4.69) is 21.1 Å². The molecule has 0 amide bonds. The van der Waals surface area contributed by atoms with Crippen molar-refractivity contribution in [3.05, 3.63) is 28.2 Å². The first-order chi connectivity index (χ1) is 9.95. The van der Waals surface area contributed by atoms with Crippen LogP contribution >= 0.6 is 15.9 Å². The van der Waals surface area contributed by atoms with E-state index in [1.54, 1.807) is 12.1 Å². The fourth-order valence-corrected chi connectivity index (χ4v) is 3.15. The van der Waals surface area contributed by atoms with Gasteiger partial charge < -0.3 is 25.7 Å². The Morgan fingerprint density at radius 3 is 2.71 bits per heavy atom. The Balaban J connectivity index is 2.14. The summed E-state index contributed by atoms with van der Waals surface area (Å²) < 4.78 is 6.12. The molecule has 0 radical (unpaired) electrons. The van der Waals surface area contributed by atoms with Gasteiger partial charge in [0.05, 0.1) is 11.3 Å². The van der Waals surface area contributed by atoms with Gasteiger partial charge in [-0.2, -0.15) is 0 Å². The van der Waals surface area contributed by atoms with E-state index >= 15 is 0 Å². The van der Waals surface area contributed by atoms with Gasteiger partial charge in [-0.05, 0) is 34.1 Å². The van der Waals surface area contributed by atoms with Crippen LogP contribution in [-0.2, 0) is 4.74 Å². The molecule has 0 unspecified atom stereocenters. The minimum Gasteiger partial charge on any atom is -0.409 e. The maximum Gasteiger partial charge on any atom is 0.170 e. The van der Waals surface area contributed by atoms with Crippen molar-refractivity contribution in [2.45, 2.75) is 18.4 Å². The average Bonchev–Trinajstić information content (AvgIpc) is 2.46. The molecule has 0 bridgehead atoms. The number of rotatable bonds is 4. The number of hydrogen-bond donors (Lipinski definition) is 3. The zero-order valence-electron chi connectivity index (χ0n) is 11.9. The number of anilines is 1. The molecule has 0 aromatic heterocycles. The molecule has 1 aliphatic heterocycles. The zero-order chi connectivity index (χ0) is 15.5. The predicted octanol–water partition coefficient (Wildman–Crippen LogP) is 1.52.